The van der Waals surface area contributed by atoms with Crippen LogP contribution in [0, 0.1) is 6.92 Å². The fraction of sp³-hybridized carbons (Fsp3) is 0.231. The molecular formula is C13H14N4S2. The van der Waals surface area contributed by atoms with Crippen molar-refractivity contribution in [2.45, 2.75) is 13.3 Å². The SMILES string of the molecule is Cc1cc2c(NCCc3ccsc3)nc(N)nc2s1. The van der Waals surface area contributed by atoms with Crippen molar-refractivity contribution in [2.24, 2.45) is 0 Å². The molecule has 0 aromatic carbocycles. The maximum atomic E-state index is 5.75. The molecule has 0 aliphatic carbocycles. The molecule has 0 unspecified atom stereocenters. The number of anilines is 2. The van der Waals surface area contributed by atoms with Gasteiger partial charge in [-0.3, -0.25) is 0 Å². The van der Waals surface area contributed by atoms with Crippen LogP contribution in [-0.2, 0) is 6.42 Å². The van der Waals surface area contributed by atoms with E-state index in [2.05, 4.69) is 45.1 Å². The molecule has 0 radical (unpaired) electrons. The van der Waals surface area contributed by atoms with E-state index in [9.17, 15) is 0 Å². The summed E-state index contributed by atoms with van der Waals surface area (Å²) < 4.78 is 0. The van der Waals surface area contributed by atoms with Gasteiger partial charge in [0.25, 0.3) is 0 Å². The van der Waals surface area contributed by atoms with Gasteiger partial charge in [-0.2, -0.15) is 16.3 Å². The summed E-state index contributed by atoms with van der Waals surface area (Å²) in [5.41, 5.74) is 7.09. The average Bonchev–Trinajstić information content (AvgIpc) is 2.97. The van der Waals surface area contributed by atoms with Gasteiger partial charge in [0, 0.05) is 11.4 Å². The van der Waals surface area contributed by atoms with Crippen molar-refractivity contribution in [3.05, 3.63) is 33.3 Å². The van der Waals surface area contributed by atoms with E-state index in [0.717, 1.165) is 29.0 Å². The Balaban J connectivity index is 1.79. The topological polar surface area (TPSA) is 63.8 Å². The number of nitrogen functional groups attached to an aromatic ring is 1. The first-order chi connectivity index (χ1) is 9.22. The van der Waals surface area contributed by atoms with Crippen LogP contribution in [0.25, 0.3) is 10.2 Å². The summed E-state index contributed by atoms with van der Waals surface area (Å²) >= 11 is 3.36. The second kappa shape index (κ2) is 5.14. The predicted molar refractivity (Wildman–Crippen MR) is 83.1 cm³/mol. The summed E-state index contributed by atoms with van der Waals surface area (Å²) in [4.78, 5) is 10.7. The van der Waals surface area contributed by atoms with E-state index >= 15 is 0 Å². The Hall–Kier alpha value is -1.66. The molecule has 0 aliphatic heterocycles. The Morgan fingerprint density at radius 1 is 1.37 bits per heavy atom. The highest BCUT2D eigenvalue weighted by atomic mass is 32.1. The minimum atomic E-state index is 0.326. The maximum absolute atomic E-state index is 5.75. The zero-order valence-corrected chi connectivity index (χ0v) is 12.1. The number of hydrogen-bond donors (Lipinski definition) is 2. The van der Waals surface area contributed by atoms with Crippen LogP contribution in [0.2, 0.25) is 0 Å². The molecular weight excluding hydrogens is 276 g/mol. The Morgan fingerprint density at radius 2 is 2.26 bits per heavy atom. The molecule has 0 saturated carbocycles. The average molecular weight is 290 g/mol. The molecule has 98 valence electrons. The lowest BCUT2D eigenvalue weighted by molar-refractivity contribution is 1.01. The first kappa shape index (κ1) is 12.4. The molecule has 0 bridgehead atoms. The van der Waals surface area contributed by atoms with E-state index in [1.807, 2.05) is 0 Å². The van der Waals surface area contributed by atoms with Crippen LogP contribution < -0.4 is 11.1 Å². The number of nitrogens with two attached hydrogens (primary N) is 1. The summed E-state index contributed by atoms with van der Waals surface area (Å²) in [6, 6.07) is 4.25. The van der Waals surface area contributed by atoms with Crippen molar-refractivity contribution in [1.82, 2.24) is 9.97 Å². The monoisotopic (exact) mass is 290 g/mol. The van der Waals surface area contributed by atoms with Crippen LogP contribution in [0.3, 0.4) is 0 Å². The molecule has 4 nitrogen and oxygen atoms in total. The molecule has 3 N–H and O–H groups in total. The lowest BCUT2D eigenvalue weighted by atomic mass is 10.2. The molecule has 19 heavy (non-hydrogen) atoms. The molecule has 0 fully saturated rings. The molecule has 3 heterocycles. The number of thiophene rings is 2. The zero-order valence-electron chi connectivity index (χ0n) is 10.5. The van der Waals surface area contributed by atoms with E-state index in [1.165, 1.54) is 10.4 Å². The van der Waals surface area contributed by atoms with Crippen LogP contribution in [0.15, 0.2) is 22.9 Å². The number of aryl methyl sites for hydroxylation is 1. The predicted octanol–water partition coefficient (Wildman–Crippen LogP) is 3.30. The van der Waals surface area contributed by atoms with Gasteiger partial charge in [0.05, 0.1) is 5.39 Å². The lowest BCUT2D eigenvalue weighted by Gasteiger charge is -2.06. The van der Waals surface area contributed by atoms with Crippen LogP contribution in [0.4, 0.5) is 11.8 Å². The van der Waals surface area contributed by atoms with Crippen LogP contribution in [0.5, 0.6) is 0 Å². The first-order valence-electron chi connectivity index (χ1n) is 6.01. The summed E-state index contributed by atoms with van der Waals surface area (Å²) in [6.45, 7) is 2.91. The van der Waals surface area contributed by atoms with Gasteiger partial charge in [0.2, 0.25) is 5.95 Å². The molecule has 0 amide bonds. The van der Waals surface area contributed by atoms with Gasteiger partial charge >= 0.3 is 0 Å². The summed E-state index contributed by atoms with van der Waals surface area (Å²) in [5, 5.41) is 8.68. The van der Waals surface area contributed by atoms with E-state index in [4.69, 9.17) is 5.73 Å². The molecule has 3 aromatic heterocycles. The van der Waals surface area contributed by atoms with E-state index in [0.29, 0.717) is 5.95 Å². The van der Waals surface area contributed by atoms with Crippen molar-refractivity contribution in [3.63, 3.8) is 0 Å². The minimum Gasteiger partial charge on any atom is -0.369 e. The Labute approximate surface area is 119 Å². The standard InChI is InChI=1S/C13H14N4S2/c1-8-6-10-11(16-13(14)17-12(10)19-8)15-4-2-9-3-5-18-7-9/h3,5-7H,2,4H2,1H3,(H3,14,15,16,17). The summed E-state index contributed by atoms with van der Waals surface area (Å²) in [6.07, 6.45) is 0.984. The quantitative estimate of drug-likeness (QED) is 0.774. The highest BCUT2D eigenvalue weighted by Crippen LogP contribution is 2.28. The molecule has 6 heteroatoms. The second-order valence-electron chi connectivity index (χ2n) is 4.31. The summed E-state index contributed by atoms with van der Waals surface area (Å²) in [7, 11) is 0. The zero-order chi connectivity index (χ0) is 13.2. The molecule has 0 atom stereocenters. The fourth-order valence-electron chi connectivity index (χ4n) is 1.95. The number of rotatable bonds is 4. The van der Waals surface area contributed by atoms with Gasteiger partial charge in [0.15, 0.2) is 0 Å². The van der Waals surface area contributed by atoms with E-state index in [-0.39, 0.29) is 0 Å². The number of fused-ring (bicyclic) bond motifs is 1. The van der Waals surface area contributed by atoms with Crippen molar-refractivity contribution in [1.29, 1.82) is 0 Å². The Kier molecular flexibility index (Phi) is 3.35. The van der Waals surface area contributed by atoms with Crippen molar-refractivity contribution < 1.29 is 0 Å². The molecule has 3 aromatic rings. The molecule has 0 spiro atoms. The molecule has 0 aliphatic rings. The van der Waals surface area contributed by atoms with Gasteiger partial charge in [-0.25, -0.2) is 4.98 Å². The van der Waals surface area contributed by atoms with E-state index < -0.39 is 0 Å². The largest absolute Gasteiger partial charge is 0.369 e. The van der Waals surface area contributed by atoms with Crippen LogP contribution in [0.1, 0.15) is 10.4 Å². The van der Waals surface area contributed by atoms with Gasteiger partial charge in [-0.1, -0.05) is 0 Å². The third kappa shape index (κ3) is 2.69. The van der Waals surface area contributed by atoms with Crippen molar-refractivity contribution in [3.8, 4) is 0 Å². The Bertz CT molecular complexity index is 688. The normalized spacial score (nSPS) is 11.0. The second-order valence-corrected chi connectivity index (χ2v) is 6.33. The highest BCUT2D eigenvalue weighted by molar-refractivity contribution is 7.18. The molecule has 3 rings (SSSR count). The van der Waals surface area contributed by atoms with Crippen LogP contribution in [-0.4, -0.2) is 16.5 Å². The molecule has 0 saturated heterocycles. The smallest absolute Gasteiger partial charge is 0.223 e. The van der Waals surface area contributed by atoms with Crippen molar-refractivity contribution in [2.75, 3.05) is 17.6 Å². The minimum absolute atomic E-state index is 0.326. The maximum Gasteiger partial charge on any atom is 0.223 e. The van der Waals surface area contributed by atoms with Gasteiger partial charge in [-0.05, 0) is 41.8 Å². The number of hydrogen-bond acceptors (Lipinski definition) is 6. The fourth-order valence-corrected chi connectivity index (χ4v) is 3.54. The number of nitrogens with one attached hydrogen (secondary N) is 1. The van der Waals surface area contributed by atoms with Crippen LogP contribution >= 0.6 is 22.7 Å². The van der Waals surface area contributed by atoms with E-state index in [1.54, 1.807) is 22.7 Å². The van der Waals surface area contributed by atoms with Gasteiger partial charge < -0.3 is 11.1 Å². The van der Waals surface area contributed by atoms with Gasteiger partial charge in [-0.15, -0.1) is 11.3 Å². The van der Waals surface area contributed by atoms with Gasteiger partial charge in [0.1, 0.15) is 10.6 Å². The Morgan fingerprint density at radius 3 is 3.05 bits per heavy atom. The lowest BCUT2D eigenvalue weighted by Crippen LogP contribution is -2.07. The number of nitrogens with zero attached hydrogens (tertiary/aromatic N) is 2. The van der Waals surface area contributed by atoms with Crippen molar-refractivity contribution >= 4 is 44.7 Å². The summed E-state index contributed by atoms with van der Waals surface area (Å²) in [5.74, 6) is 1.16. The number of aromatic nitrogens is 2. The third-order valence-corrected chi connectivity index (χ3v) is 4.50. The highest BCUT2D eigenvalue weighted by Gasteiger charge is 2.08. The first-order valence-corrected chi connectivity index (χ1v) is 7.77. The third-order valence-electron chi connectivity index (χ3n) is 2.82.